The predicted octanol–water partition coefficient (Wildman–Crippen LogP) is 1.13. The van der Waals surface area contributed by atoms with Crippen LogP contribution in [0, 0.1) is 13.8 Å². The summed E-state index contributed by atoms with van der Waals surface area (Å²) in [6.07, 6.45) is 2.22. The van der Waals surface area contributed by atoms with Gasteiger partial charge in [-0.15, -0.1) is 0 Å². The number of hydrogen-bond donors (Lipinski definition) is 1. The number of nitrogens with zero attached hydrogens (tertiary/aromatic N) is 4. The van der Waals surface area contributed by atoms with Gasteiger partial charge in [0.05, 0.1) is 0 Å². The Morgan fingerprint density at radius 2 is 2.19 bits per heavy atom. The van der Waals surface area contributed by atoms with Crippen molar-refractivity contribution in [2.45, 2.75) is 20.3 Å². The lowest BCUT2D eigenvalue weighted by Gasteiger charge is -2.03. The molecule has 0 aliphatic carbocycles. The quantitative estimate of drug-likeness (QED) is 0.830. The van der Waals surface area contributed by atoms with Gasteiger partial charge in [0.15, 0.2) is 5.82 Å². The molecule has 1 N–H and O–H groups in total. The van der Waals surface area contributed by atoms with Gasteiger partial charge < -0.3 is 9.84 Å². The van der Waals surface area contributed by atoms with E-state index in [1.54, 1.807) is 6.92 Å². The van der Waals surface area contributed by atoms with Crippen molar-refractivity contribution in [2.24, 2.45) is 0 Å². The standard InChI is InChI=1S/C10H13N5O/c1-7-5-9(13-6-12-7)11-4-3-10-14-8(2)15-16-10/h5-6H,3-4H2,1-2H3,(H,11,12,13). The Bertz CT molecular complexity index is 468. The zero-order valence-electron chi connectivity index (χ0n) is 9.27. The first kappa shape index (κ1) is 10.5. The molecule has 2 aromatic rings. The molecule has 6 nitrogen and oxygen atoms in total. The monoisotopic (exact) mass is 219 g/mol. The van der Waals surface area contributed by atoms with Crippen molar-refractivity contribution >= 4 is 5.82 Å². The van der Waals surface area contributed by atoms with Crippen LogP contribution in [0.5, 0.6) is 0 Å². The lowest BCUT2D eigenvalue weighted by molar-refractivity contribution is 0.377. The summed E-state index contributed by atoms with van der Waals surface area (Å²) in [6.45, 7) is 4.43. The molecule has 0 atom stereocenters. The van der Waals surface area contributed by atoms with Crippen LogP contribution >= 0.6 is 0 Å². The zero-order chi connectivity index (χ0) is 11.4. The van der Waals surface area contributed by atoms with E-state index < -0.39 is 0 Å². The molecular formula is C10H13N5O. The van der Waals surface area contributed by atoms with E-state index in [2.05, 4.69) is 25.4 Å². The van der Waals surface area contributed by atoms with E-state index in [1.165, 1.54) is 6.33 Å². The highest BCUT2D eigenvalue weighted by atomic mass is 16.5. The van der Waals surface area contributed by atoms with Crippen LogP contribution in [0.3, 0.4) is 0 Å². The Balaban J connectivity index is 1.84. The van der Waals surface area contributed by atoms with Gasteiger partial charge in [-0.25, -0.2) is 9.97 Å². The van der Waals surface area contributed by atoms with Crippen molar-refractivity contribution < 1.29 is 4.52 Å². The van der Waals surface area contributed by atoms with Gasteiger partial charge in [0.2, 0.25) is 5.89 Å². The molecule has 0 bridgehead atoms. The van der Waals surface area contributed by atoms with Crippen molar-refractivity contribution in [1.82, 2.24) is 20.1 Å². The van der Waals surface area contributed by atoms with Crippen LogP contribution in [-0.2, 0) is 6.42 Å². The summed E-state index contributed by atoms with van der Waals surface area (Å²) in [5.74, 6) is 2.10. The minimum atomic E-state index is 0.635. The average molecular weight is 219 g/mol. The summed E-state index contributed by atoms with van der Waals surface area (Å²) in [5, 5.41) is 6.88. The van der Waals surface area contributed by atoms with Gasteiger partial charge in [-0.05, 0) is 13.8 Å². The molecule has 0 unspecified atom stereocenters. The Morgan fingerprint density at radius 3 is 2.88 bits per heavy atom. The fourth-order valence-corrected chi connectivity index (χ4v) is 1.29. The molecular weight excluding hydrogens is 206 g/mol. The molecule has 6 heteroatoms. The molecule has 2 rings (SSSR count). The first-order valence-electron chi connectivity index (χ1n) is 5.06. The Kier molecular flexibility index (Phi) is 3.09. The number of rotatable bonds is 4. The van der Waals surface area contributed by atoms with E-state index in [4.69, 9.17) is 4.52 Å². The van der Waals surface area contributed by atoms with Crippen LogP contribution < -0.4 is 5.32 Å². The highest BCUT2D eigenvalue weighted by Crippen LogP contribution is 2.03. The molecule has 16 heavy (non-hydrogen) atoms. The maximum Gasteiger partial charge on any atom is 0.228 e. The number of hydrogen-bond acceptors (Lipinski definition) is 6. The second kappa shape index (κ2) is 4.69. The van der Waals surface area contributed by atoms with Crippen LogP contribution in [0.15, 0.2) is 16.9 Å². The Morgan fingerprint density at radius 1 is 1.31 bits per heavy atom. The Labute approximate surface area is 93.1 Å². The van der Waals surface area contributed by atoms with Crippen molar-refractivity contribution in [1.29, 1.82) is 0 Å². The van der Waals surface area contributed by atoms with E-state index in [0.29, 0.717) is 24.7 Å². The largest absolute Gasteiger partial charge is 0.369 e. The minimum absolute atomic E-state index is 0.635. The molecule has 0 amide bonds. The first-order chi connectivity index (χ1) is 7.74. The fourth-order valence-electron chi connectivity index (χ4n) is 1.29. The molecule has 0 saturated heterocycles. The first-order valence-corrected chi connectivity index (χ1v) is 5.06. The molecule has 0 fully saturated rings. The average Bonchev–Trinajstić information content (AvgIpc) is 2.64. The summed E-state index contributed by atoms with van der Waals surface area (Å²) in [4.78, 5) is 12.2. The van der Waals surface area contributed by atoms with E-state index in [1.807, 2.05) is 13.0 Å². The number of aryl methyl sites for hydroxylation is 2. The maximum absolute atomic E-state index is 4.99. The molecule has 0 aliphatic heterocycles. The molecule has 0 spiro atoms. The summed E-state index contributed by atoms with van der Waals surface area (Å²) in [5.41, 5.74) is 0.936. The highest BCUT2D eigenvalue weighted by Gasteiger charge is 2.02. The van der Waals surface area contributed by atoms with Crippen LogP contribution in [0.1, 0.15) is 17.4 Å². The topological polar surface area (TPSA) is 76.7 Å². The summed E-state index contributed by atoms with van der Waals surface area (Å²) in [6, 6.07) is 1.89. The lowest BCUT2D eigenvalue weighted by atomic mass is 10.4. The van der Waals surface area contributed by atoms with Crippen molar-refractivity contribution in [3.05, 3.63) is 29.8 Å². The molecule has 0 aromatic carbocycles. The van der Waals surface area contributed by atoms with Gasteiger partial charge in [0.25, 0.3) is 0 Å². The molecule has 0 radical (unpaired) electrons. The molecule has 2 heterocycles. The third kappa shape index (κ3) is 2.75. The van der Waals surface area contributed by atoms with Crippen molar-refractivity contribution in [3.63, 3.8) is 0 Å². The third-order valence-electron chi connectivity index (χ3n) is 2.02. The van der Waals surface area contributed by atoms with Crippen molar-refractivity contribution in [3.8, 4) is 0 Å². The third-order valence-corrected chi connectivity index (χ3v) is 2.02. The zero-order valence-corrected chi connectivity index (χ0v) is 9.27. The summed E-state index contributed by atoms with van der Waals surface area (Å²) < 4.78 is 4.99. The second-order valence-corrected chi connectivity index (χ2v) is 3.46. The van der Waals surface area contributed by atoms with Gasteiger partial charge >= 0.3 is 0 Å². The maximum atomic E-state index is 4.99. The van der Waals surface area contributed by atoms with Gasteiger partial charge in [-0.1, -0.05) is 5.16 Å². The lowest BCUT2D eigenvalue weighted by Crippen LogP contribution is -2.06. The molecule has 2 aromatic heterocycles. The summed E-state index contributed by atoms with van der Waals surface area (Å²) >= 11 is 0. The normalized spacial score (nSPS) is 10.4. The fraction of sp³-hybridized carbons (Fsp3) is 0.400. The van der Waals surface area contributed by atoms with Crippen LogP contribution in [0.4, 0.5) is 5.82 Å². The van der Waals surface area contributed by atoms with Crippen molar-refractivity contribution in [2.75, 3.05) is 11.9 Å². The van der Waals surface area contributed by atoms with E-state index >= 15 is 0 Å². The van der Waals surface area contributed by atoms with Gasteiger partial charge in [0, 0.05) is 24.7 Å². The second-order valence-electron chi connectivity index (χ2n) is 3.46. The SMILES string of the molecule is Cc1cc(NCCc2nc(C)no2)ncn1. The Hall–Kier alpha value is -1.98. The predicted molar refractivity (Wildman–Crippen MR) is 58.0 cm³/mol. The smallest absolute Gasteiger partial charge is 0.228 e. The summed E-state index contributed by atoms with van der Waals surface area (Å²) in [7, 11) is 0. The van der Waals surface area contributed by atoms with Gasteiger partial charge in [0.1, 0.15) is 12.1 Å². The van der Waals surface area contributed by atoms with Gasteiger partial charge in [-0.2, -0.15) is 4.98 Å². The van der Waals surface area contributed by atoms with Crippen LogP contribution in [0.2, 0.25) is 0 Å². The molecule has 84 valence electrons. The van der Waals surface area contributed by atoms with Gasteiger partial charge in [-0.3, -0.25) is 0 Å². The van der Waals surface area contributed by atoms with Crippen LogP contribution in [-0.4, -0.2) is 26.7 Å². The van der Waals surface area contributed by atoms with Crippen LogP contribution in [0.25, 0.3) is 0 Å². The minimum Gasteiger partial charge on any atom is -0.369 e. The number of nitrogens with one attached hydrogen (secondary N) is 1. The van der Waals surface area contributed by atoms with E-state index in [0.717, 1.165) is 11.5 Å². The van der Waals surface area contributed by atoms with E-state index in [-0.39, 0.29) is 0 Å². The van der Waals surface area contributed by atoms with E-state index in [9.17, 15) is 0 Å². The molecule has 0 saturated carbocycles. The highest BCUT2D eigenvalue weighted by molar-refractivity contribution is 5.34. The molecule has 0 aliphatic rings. The number of anilines is 1. The number of aromatic nitrogens is 4.